The molecule has 0 atom stereocenters. The number of rotatable bonds is 7. The fourth-order valence-electron chi connectivity index (χ4n) is 3.94. The fraction of sp³-hybridized carbons (Fsp3) is 0.375. The molecule has 1 saturated heterocycles. The standard InChI is InChI=1S/C24H29N7O2/c1-18-4-3-5-19(12-18)21-6-7-31(28-21)24-13-23(30-8-10-32-11-9-30)26-22(27-24)16-33-15-20-14-29(2)17-25-20/h3-7,12-14,25H,8-11,15-17H2,1-2H3. The summed E-state index contributed by atoms with van der Waals surface area (Å²) >= 11 is 0. The maximum absolute atomic E-state index is 5.92. The molecule has 5 rings (SSSR count). The van der Waals surface area contributed by atoms with Crippen LogP contribution in [0.25, 0.3) is 17.1 Å². The molecule has 0 spiro atoms. The molecule has 0 amide bonds. The summed E-state index contributed by atoms with van der Waals surface area (Å²) in [6, 6.07) is 12.3. The van der Waals surface area contributed by atoms with Gasteiger partial charge < -0.3 is 24.6 Å². The van der Waals surface area contributed by atoms with Crippen LogP contribution in [-0.2, 0) is 16.1 Å². The first-order chi connectivity index (χ1) is 16.1. The average molecular weight is 448 g/mol. The van der Waals surface area contributed by atoms with E-state index < -0.39 is 0 Å². The Bertz CT molecular complexity index is 1140. The Hall–Kier alpha value is -3.43. The highest BCUT2D eigenvalue weighted by Crippen LogP contribution is 2.21. The van der Waals surface area contributed by atoms with E-state index in [0.717, 1.165) is 48.3 Å². The maximum atomic E-state index is 5.92. The average Bonchev–Trinajstić information content (AvgIpc) is 3.49. The highest BCUT2D eigenvalue weighted by molar-refractivity contribution is 5.60. The van der Waals surface area contributed by atoms with Crippen LogP contribution in [-0.4, -0.2) is 71.3 Å². The Labute approximate surface area is 193 Å². The number of nitrogens with zero attached hydrogens (tertiary/aromatic N) is 6. The van der Waals surface area contributed by atoms with E-state index in [1.807, 2.05) is 42.3 Å². The van der Waals surface area contributed by atoms with E-state index in [1.54, 1.807) is 0 Å². The predicted octanol–water partition coefficient (Wildman–Crippen LogP) is 2.32. The molecule has 2 aliphatic rings. The third-order valence-electron chi connectivity index (χ3n) is 5.64. The highest BCUT2D eigenvalue weighted by atomic mass is 16.5. The molecule has 0 saturated carbocycles. The largest absolute Gasteiger partial charge is 0.378 e. The van der Waals surface area contributed by atoms with Crippen molar-refractivity contribution < 1.29 is 9.47 Å². The van der Waals surface area contributed by atoms with Crippen LogP contribution in [0, 0.1) is 6.92 Å². The lowest BCUT2D eigenvalue weighted by Gasteiger charge is -2.28. The summed E-state index contributed by atoms with van der Waals surface area (Å²) in [4.78, 5) is 13.8. The van der Waals surface area contributed by atoms with Crippen LogP contribution in [0.2, 0.25) is 0 Å². The van der Waals surface area contributed by atoms with Crippen molar-refractivity contribution in [2.45, 2.75) is 13.5 Å². The number of aryl methyl sites for hydroxylation is 1. The number of ether oxygens (including phenoxy) is 2. The summed E-state index contributed by atoms with van der Waals surface area (Å²) in [5.74, 6) is 2.22. The van der Waals surface area contributed by atoms with Crippen LogP contribution in [0.15, 0.2) is 54.5 Å². The summed E-state index contributed by atoms with van der Waals surface area (Å²) in [7, 11) is 2.02. The van der Waals surface area contributed by atoms with Gasteiger partial charge in [-0.05, 0) is 19.1 Å². The molecule has 1 fully saturated rings. The van der Waals surface area contributed by atoms with Gasteiger partial charge in [-0.25, -0.2) is 14.6 Å². The second-order valence-corrected chi connectivity index (χ2v) is 8.35. The zero-order valence-corrected chi connectivity index (χ0v) is 19.1. The maximum Gasteiger partial charge on any atom is 0.159 e. The first kappa shape index (κ1) is 21.4. The van der Waals surface area contributed by atoms with Crippen molar-refractivity contribution in [2.24, 2.45) is 0 Å². The van der Waals surface area contributed by atoms with Crippen molar-refractivity contribution in [3.63, 3.8) is 0 Å². The monoisotopic (exact) mass is 447 g/mol. The minimum absolute atomic E-state index is 0.319. The second-order valence-electron chi connectivity index (χ2n) is 8.35. The molecule has 2 aliphatic heterocycles. The summed E-state index contributed by atoms with van der Waals surface area (Å²) in [6.07, 6.45) is 3.99. The van der Waals surface area contributed by atoms with Gasteiger partial charge in [-0.3, -0.25) is 0 Å². The Morgan fingerprint density at radius 3 is 2.70 bits per heavy atom. The molecule has 33 heavy (non-hydrogen) atoms. The summed E-state index contributed by atoms with van der Waals surface area (Å²) in [5.41, 5.74) is 4.25. The number of morpholine rings is 1. The van der Waals surface area contributed by atoms with Crippen LogP contribution < -0.4 is 10.2 Å². The lowest BCUT2D eigenvalue weighted by atomic mass is 10.1. The summed E-state index contributed by atoms with van der Waals surface area (Å²) in [5, 5.41) is 8.09. The molecule has 0 radical (unpaired) electrons. The van der Waals surface area contributed by atoms with Gasteiger partial charge in [0.05, 0.1) is 37.9 Å². The number of hydrogen-bond acceptors (Lipinski definition) is 8. The predicted molar refractivity (Wildman–Crippen MR) is 126 cm³/mol. The zero-order chi connectivity index (χ0) is 22.6. The Balaban J connectivity index is 1.39. The van der Waals surface area contributed by atoms with Crippen LogP contribution >= 0.6 is 0 Å². The normalized spacial score (nSPS) is 16.1. The van der Waals surface area contributed by atoms with Gasteiger partial charge in [0.25, 0.3) is 0 Å². The van der Waals surface area contributed by atoms with Gasteiger partial charge in [-0.15, -0.1) is 0 Å². The lowest BCUT2D eigenvalue weighted by molar-refractivity contribution is 0.122. The topological polar surface area (TPSA) is 80.6 Å². The van der Waals surface area contributed by atoms with Crippen LogP contribution in [0.5, 0.6) is 0 Å². The van der Waals surface area contributed by atoms with E-state index >= 15 is 0 Å². The minimum Gasteiger partial charge on any atom is -0.378 e. The highest BCUT2D eigenvalue weighted by Gasteiger charge is 2.17. The van der Waals surface area contributed by atoms with Crippen molar-refractivity contribution in [3.8, 4) is 17.1 Å². The molecular weight excluding hydrogens is 418 g/mol. The SMILES string of the molecule is Cc1cccc(-c2ccn(-c3cc(N4CCOCC4)nc(COCC4=CN(C)CN4)n3)n2)c1. The quantitative estimate of drug-likeness (QED) is 0.591. The van der Waals surface area contributed by atoms with Gasteiger partial charge in [0.1, 0.15) is 12.4 Å². The molecule has 2 aromatic heterocycles. The van der Waals surface area contributed by atoms with Gasteiger partial charge in [0.15, 0.2) is 11.6 Å². The fourth-order valence-corrected chi connectivity index (χ4v) is 3.94. The van der Waals surface area contributed by atoms with E-state index in [2.05, 4.69) is 40.2 Å². The van der Waals surface area contributed by atoms with Crippen molar-refractivity contribution in [2.75, 3.05) is 51.5 Å². The molecule has 1 N–H and O–H groups in total. The molecule has 1 aromatic carbocycles. The van der Waals surface area contributed by atoms with E-state index in [1.165, 1.54) is 5.56 Å². The number of aromatic nitrogens is 4. The molecule has 3 aromatic rings. The molecule has 9 nitrogen and oxygen atoms in total. The molecule has 9 heteroatoms. The number of nitrogens with one attached hydrogen (secondary N) is 1. The number of anilines is 1. The van der Waals surface area contributed by atoms with Gasteiger partial charge >= 0.3 is 0 Å². The van der Waals surface area contributed by atoms with Gasteiger partial charge in [0.2, 0.25) is 0 Å². The number of benzene rings is 1. The Morgan fingerprint density at radius 1 is 1.06 bits per heavy atom. The van der Waals surface area contributed by atoms with E-state index in [0.29, 0.717) is 32.3 Å². The lowest BCUT2D eigenvalue weighted by Crippen LogP contribution is -2.37. The first-order valence-electron chi connectivity index (χ1n) is 11.2. The second kappa shape index (κ2) is 9.60. The number of hydrogen-bond donors (Lipinski definition) is 1. The summed E-state index contributed by atoms with van der Waals surface area (Å²) in [6.45, 7) is 6.68. The molecule has 0 bridgehead atoms. The van der Waals surface area contributed by atoms with Gasteiger partial charge in [-0.1, -0.05) is 23.8 Å². The molecule has 172 valence electrons. The minimum atomic E-state index is 0.319. The van der Waals surface area contributed by atoms with Crippen molar-refractivity contribution >= 4 is 5.82 Å². The third kappa shape index (κ3) is 5.15. The van der Waals surface area contributed by atoms with Gasteiger partial charge in [-0.2, -0.15) is 5.10 Å². The Morgan fingerprint density at radius 2 is 1.91 bits per heavy atom. The zero-order valence-electron chi connectivity index (χ0n) is 19.1. The summed E-state index contributed by atoms with van der Waals surface area (Å²) < 4.78 is 13.2. The van der Waals surface area contributed by atoms with Crippen molar-refractivity contribution in [1.82, 2.24) is 30.0 Å². The van der Waals surface area contributed by atoms with Crippen molar-refractivity contribution in [3.05, 3.63) is 65.9 Å². The van der Waals surface area contributed by atoms with E-state index in [4.69, 9.17) is 24.5 Å². The Kier molecular flexibility index (Phi) is 6.23. The van der Waals surface area contributed by atoms with Crippen LogP contribution in [0.4, 0.5) is 5.82 Å². The molecule has 4 heterocycles. The van der Waals surface area contributed by atoms with Crippen LogP contribution in [0.3, 0.4) is 0 Å². The van der Waals surface area contributed by atoms with Crippen LogP contribution in [0.1, 0.15) is 11.4 Å². The first-order valence-corrected chi connectivity index (χ1v) is 11.2. The molecular formula is C24H29N7O2. The molecule has 0 aliphatic carbocycles. The van der Waals surface area contributed by atoms with E-state index in [9.17, 15) is 0 Å². The van der Waals surface area contributed by atoms with Crippen molar-refractivity contribution in [1.29, 1.82) is 0 Å². The third-order valence-corrected chi connectivity index (χ3v) is 5.64. The molecule has 0 unspecified atom stereocenters. The van der Waals surface area contributed by atoms with E-state index in [-0.39, 0.29) is 0 Å². The van der Waals surface area contributed by atoms with Gasteiger partial charge in [0, 0.05) is 44.2 Å². The smallest absolute Gasteiger partial charge is 0.159 e.